The third-order valence-corrected chi connectivity index (χ3v) is 3.84. The predicted octanol–water partition coefficient (Wildman–Crippen LogP) is 2.67. The van der Waals surface area contributed by atoms with E-state index in [1.165, 1.54) is 6.07 Å². The number of hydrogen-bond donors (Lipinski definition) is 1. The Bertz CT molecular complexity index is 438. The first-order valence-electron chi connectivity index (χ1n) is 7.34. The molecule has 0 radical (unpaired) electrons. The standard InChI is InChI=1S/C16H24FNO2/c1-12-4-5-14(10-15(12)17)16(19)6-8-18-7-3-9-20-13(2)11-18/h4-5,10,13,16,19H,3,6-9,11H2,1-2H3. The van der Waals surface area contributed by atoms with Crippen LogP contribution in [0, 0.1) is 12.7 Å². The number of hydrogen-bond acceptors (Lipinski definition) is 3. The van der Waals surface area contributed by atoms with E-state index >= 15 is 0 Å². The van der Waals surface area contributed by atoms with Crippen LogP contribution in [0.4, 0.5) is 4.39 Å². The van der Waals surface area contributed by atoms with Crippen molar-refractivity contribution in [3.63, 3.8) is 0 Å². The molecule has 0 aliphatic carbocycles. The number of ether oxygens (including phenoxy) is 1. The third-order valence-electron chi connectivity index (χ3n) is 3.84. The third kappa shape index (κ3) is 4.27. The van der Waals surface area contributed by atoms with Gasteiger partial charge in [-0.25, -0.2) is 4.39 Å². The van der Waals surface area contributed by atoms with Crippen molar-refractivity contribution in [1.82, 2.24) is 4.90 Å². The molecule has 1 aliphatic rings. The largest absolute Gasteiger partial charge is 0.388 e. The van der Waals surface area contributed by atoms with Crippen LogP contribution in [-0.4, -0.2) is 42.4 Å². The first-order chi connectivity index (χ1) is 9.56. The molecule has 2 rings (SSSR count). The monoisotopic (exact) mass is 281 g/mol. The number of aliphatic hydroxyl groups is 1. The maximum Gasteiger partial charge on any atom is 0.126 e. The lowest BCUT2D eigenvalue weighted by molar-refractivity contribution is 0.0644. The summed E-state index contributed by atoms with van der Waals surface area (Å²) in [6.45, 7) is 7.32. The van der Waals surface area contributed by atoms with Crippen LogP contribution in [-0.2, 0) is 4.74 Å². The maximum atomic E-state index is 13.5. The number of aliphatic hydroxyl groups excluding tert-OH is 1. The van der Waals surface area contributed by atoms with Crippen LogP contribution in [0.2, 0.25) is 0 Å². The zero-order chi connectivity index (χ0) is 14.5. The van der Waals surface area contributed by atoms with E-state index in [9.17, 15) is 9.50 Å². The van der Waals surface area contributed by atoms with E-state index in [4.69, 9.17) is 4.74 Å². The van der Waals surface area contributed by atoms with Gasteiger partial charge < -0.3 is 14.7 Å². The molecule has 112 valence electrons. The normalized spacial score (nSPS) is 22.5. The van der Waals surface area contributed by atoms with Gasteiger partial charge in [-0.05, 0) is 43.9 Å². The second-order valence-electron chi connectivity index (χ2n) is 5.65. The summed E-state index contributed by atoms with van der Waals surface area (Å²) in [6, 6.07) is 4.96. The Labute approximate surface area is 120 Å². The maximum absolute atomic E-state index is 13.5. The molecule has 3 nitrogen and oxygen atoms in total. The molecule has 1 fully saturated rings. The van der Waals surface area contributed by atoms with Gasteiger partial charge in [-0.2, -0.15) is 0 Å². The average Bonchev–Trinajstić information content (AvgIpc) is 2.63. The van der Waals surface area contributed by atoms with Gasteiger partial charge in [0, 0.05) is 26.2 Å². The molecular weight excluding hydrogens is 257 g/mol. The van der Waals surface area contributed by atoms with Crippen LogP contribution >= 0.6 is 0 Å². The molecule has 1 saturated heterocycles. The summed E-state index contributed by atoms with van der Waals surface area (Å²) < 4.78 is 19.1. The summed E-state index contributed by atoms with van der Waals surface area (Å²) in [5, 5.41) is 10.2. The van der Waals surface area contributed by atoms with Crippen molar-refractivity contribution in [2.75, 3.05) is 26.2 Å². The molecule has 0 spiro atoms. The van der Waals surface area contributed by atoms with E-state index in [-0.39, 0.29) is 11.9 Å². The summed E-state index contributed by atoms with van der Waals surface area (Å²) in [4.78, 5) is 2.31. The van der Waals surface area contributed by atoms with Gasteiger partial charge in [0.05, 0.1) is 12.2 Å². The van der Waals surface area contributed by atoms with Gasteiger partial charge in [0.25, 0.3) is 0 Å². The molecule has 4 heteroatoms. The van der Waals surface area contributed by atoms with Gasteiger partial charge in [0.2, 0.25) is 0 Å². The summed E-state index contributed by atoms with van der Waals surface area (Å²) in [5.41, 5.74) is 1.27. The van der Waals surface area contributed by atoms with Gasteiger partial charge in [0.15, 0.2) is 0 Å². The van der Waals surface area contributed by atoms with Crippen LogP contribution in [0.25, 0.3) is 0 Å². The lowest BCUT2D eigenvalue weighted by Gasteiger charge is -2.23. The van der Waals surface area contributed by atoms with Crippen LogP contribution in [0.3, 0.4) is 0 Å². The molecule has 1 aliphatic heterocycles. The molecule has 1 aromatic carbocycles. The van der Waals surface area contributed by atoms with Gasteiger partial charge in [-0.15, -0.1) is 0 Å². The SMILES string of the molecule is Cc1ccc(C(O)CCN2CCCOC(C)C2)cc1F. The average molecular weight is 281 g/mol. The molecule has 0 bridgehead atoms. The Morgan fingerprint density at radius 2 is 2.30 bits per heavy atom. The van der Waals surface area contributed by atoms with E-state index in [0.29, 0.717) is 17.5 Å². The highest BCUT2D eigenvalue weighted by Crippen LogP contribution is 2.20. The van der Waals surface area contributed by atoms with Gasteiger partial charge in [-0.3, -0.25) is 0 Å². The number of rotatable bonds is 4. The molecule has 20 heavy (non-hydrogen) atoms. The summed E-state index contributed by atoms with van der Waals surface area (Å²) >= 11 is 0. The Hall–Kier alpha value is -0.970. The van der Waals surface area contributed by atoms with E-state index < -0.39 is 6.10 Å². The van der Waals surface area contributed by atoms with E-state index in [0.717, 1.165) is 32.7 Å². The van der Waals surface area contributed by atoms with E-state index in [2.05, 4.69) is 11.8 Å². The minimum Gasteiger partial charge on any atom is -0.388 e. The van der Waals surface area contributed by atoms with Crippen LogP contribution in [0.5, 0.6) is 0 Å². The highest BCUT2D eigenvalue weighted by molar-refractivity contribution is 5.24. The number of halogens is 1. The molecule has 1 heterocycles. The quantitative estimate of drug-likeness (QED) is 0.921. The molecule has 0 saturated carbocycles. The lowest BCUT2D eigenvalue weighted by Crippen LogP contribution is -2.31. The fourth-order valence-electron chi connectivity index (χ4n) is 2.57. The Balaban J connectivity index is 1.87. The zero-order valence-electron chi connectivity index (χ0n) is 12.3. The molecule has 0 amide bonds. The molecule has 2 unspecified atom stereocenters. The number of benzene rings is 1. The fourth-order valence-corrected chi connectivity index (χ4v) is 2.57. The number of aryl methyl sites for hydroxylation is 1. The van der Waals surface area contributed by atoms with Gasteiger partial charge >= 0.3 is 0 Å². The smallest absolute Gasteiger partial charge is 0.126 e. The first kappa shape index (κ1) is 15.4. The Morgan fingerprint density at radius 3 is 3.05 bits per heavy atom. The highest BCUT2D eigenvalue weighted by atomic mass is 19.1. The molecular formula is C16H24FNO2. The van der Waals surface area contributed by atoms with Crippen LogP contribution in [0.1, 0.15) is 37.0 Å². The van der Waals surface area contributed by atoms with Crippen LogP contribution < -0.4 is 0 Å². The molecule has 1 aromatic rings. The van der Waals surface area contributed by atoms with Gasteiger partial charge in [0.1, 0.15) is 5.82 Å². The van der Waals surface area contributed by atoms with Crippen LogP contribution in [0.15, 0.2) is 18.2 Å². The predicted molar refractivity (Wildman–Crippen MR) is 77.2 cm³/mol. The minimum absolute atomic E-state index is 0.242. The van der Waals surface area contributed by atoms with E-state index in [1.807, 2.05) is 0 Å². The van der Waals surface area contributed by atoms with Crippen molar-refractivity contribution < 1.29 is 14.2 Å². The summed E-state index contributed by atoms with van der Waals surface area (Å²) in [6.07, 6.45) is 1.28. The molecule has 0 aromatic heterocycles. The second-order valence-corrected chi connectivity index (χ2v) is 5.65. The van der Waals surface area contributed by atoms with Crippen molar-refractivity contribution >= 4 is 0 Å². The lowest BCUT2D eigenvalue weighted by atomic mass is 10.0. The van der Waals surface area contributed by atoms with Gasteiger partial charge in [-0.1, -0.05) is 12.1 Å². The van der Waals surface area contributed by atoms with Crippen molar-refractivity contribution in [1.29, 1.82) is 0 Å². The minimum atomic E-state index is -0.607. The van der Waals surface area contributed by atoms with Crippen molar-refractivity contribution in [3.8, 4) is 0 Å². The van der Waals surface area contributed by atoms with Crippen molar-refractivity contribution in [2.45, 2.75) is 38.9 Å². The van der Waals surface area contributed by atoms with Crippen molar-refractivity contribution in [2.24, 2.45) is 0 Å². The second kappa shape index (κ2) is 7.16. The van der Waals surface area contributed by atoms with E-state index in [1.54, 1.807) is 19.1 Å². The zero-order valence-corrected chi connectivity index (χ0v) is 12.3. The Kier molecular flexibility index (Phi) is 5.52. The topological polar surface area (TPSA) is 32.7 Å². The summed E-state index contributed by atoms with van der Waals surface area (Å²) in [7, 11) is 0. The molecule has 1 N–H and O–H groups in total. The number of nitrogens with zero attached hydrogens (tertiary/aromatic N) is 1. The fraction of sp³-hybridized carbons (Fsp3) is 0.625. The Morgan fingerprint density at radius 1 is 1.50 bits per heavy atom. The first-order valence-corrected chi connectivity index (χ1v) is 7.34. The summed E-state index contributed by atoms with van der Waals surface area (Å²) in [5.74, 6) is -0.252. The highest BCUT2D eigenvalue weighted by Gasteiger charge is 2.17. The van der Waals surface area contributed by atoms with Crippen molar-refractivity contribution in [3.05, 3.63) is 35.1 Å². The molecule has 2 atom stereocenters.